The number of halogens is 1. The highest BCUT2D eigenvalue weighted by molar-refractivity contribution is 6.31. The van der Waals surface area contributed by atoms with Crippen LogP contribution in [0.3, 0.4) is 0 Å². The maximum atomic E-state index is 6.23. The summed E-state index contributed by atoms with van der Waals surface area (Å²) in [7, 11) is 0. The maximum Gasteiger partial charge on any atom is 0.128 e. The van der Waals surface area contributed by atoms with Gasteiger partial charge in [0.1, 0.15) is 5.82 Å². The Bertz CT molecular complexity index is 424. The molecule has 5 heteroatoms. The average Bonchev–Trinajstić information content (AvgIpc) is 3.27. The molecular weight excluding hydrogens is 274 g/mol. The number of likely N-dealkylation sites (N-methyl/N-ethyl adjacent to an activating group) is 1. The highest BCUT2D eigenvalue weighted by Gasteiger charge is 2.20. The van der Waals surface area contributed by atoms with Gasteiger partial charge in [-0.2, -0.15) is 0 Å². The van der Waals surface area contributed by atoms with E-state index in [4.69, 9.17) is 16.3 Å². The molecule has 0 atom stereocenters. The SMILES string of the molecule is CCOCCN(CC)c1cc(CNC2CC2)c(Cl)cn1. The van der Waals surface area contributed by atoms with E-state index in [9.17, 15) is 0 Å². The van der Waals surface area contributed by atoms with Crippen molar-refractivity contribution in [3.63, 3.8) is 0 Å². The molecule has 0 saturated heterocycles. The van der Waals surface area contributed by atoms with E-state index in [1.54, 1.807) is 6.20 Å². The van der Waals surface area contributed by atoms with Gasteiger partial charge in [-0.3, -0.25) is 0 Å². The summed E-state index contributed by atoms with van der Waals surface area (Å²) in [5.41, 5.74) is 1.12. The van der Waals surface area contributed by atoms with E-state index in [0.717, 1.165) is 49.3 Å². The summed E-state index contributed by atoms with van der Waals surface area (Å²) in [5.74, 6) is 0.976. The fraction of sp³-hybridized carbons (Fsp3) is 0.667. The molecule has 1 N–H and O–H groups in total. The molecule has 1 aromatic rings. The molecule has 2 rings (SSSR count). The molecule has 1 fully saturated rings. The highest BCUT2D eigenvalue weighted by Crippen LogP contribution is 2.23. The molecule has 112 valence electrons. The first-order valence-electron chi connectivity index (χ1n) is 7.45. The van der Waals surface area contributed by atoms with Gasteiger partial charge < -0.3 is 15.0 Å². The smallest absolute Gasteiger partial charge is 0.128 e. The Labute approximate surface area is 126 Å². The van der Waals surface area contributed by atoms with Crippen LogP contribution >= 0.6 is 11.6 Å². The largest absolute Gasteiger partial charge is 0.380 e. The van der Waals surface area contributed by atoms with Gasteiger partial charge in [0.25, 0.3) is 0 Å². The van der Waals surface area contributed by atoms with Crippen LogP contribution in [0.1, 0.15) is 32.3 Å². The van der Waals surface area contributed by atoms with E-state index in [1.807, 2.05) is 6.92 Å². The van der Waals surface area contributed by atoms with Crippen molar-refractivity contribution in [2.24, 2.45) is 0 Å². The molecular formula is C15H24ClN3O. The van der Waals surface area contributed by atoms with Crippen LogP contribution in [-0.2, 0) is 11.3 Å². The van der Waals surface area contributed by atoms with Crippen LogP contribution in [0.25, 0.3) is 0 Å². The second-order valence-corrected chi connectivity index (χ2v) is 5.47. The van der Waals surface area contributed by atoms with Gasteiger partial charge in [-0.15, -0.1) is 0 Å². The monoisotopic (exact) mass is 297 g/mol. The van der Waals surface area contributed by atoms with Crippen molar-refractivity contribution in [3.8, 4) is 0 Å². The van der Waals surface area contributed by atoms with Crippen LogP contribution in [0.15, 0.2) is 12.3 Å². The number of ether oxygens (including phenoxy) is 1. The van der Waals surface area contributed by atoms with Gasteiger partial charge >= 0.3 is 0 Å². The second kappa shape index (κ2) is 7.81. The quantitative estimate of drug-likeness (QED) is 0.711. The summed E-state index contributed by atoms with van der Waals surface area (Å²) in [6.45, 7) is 8.21. The Morgan fingerprint density at radius 3 is 2.90 bits per heavy atom. The fourth-order valence-corrected chi connectivity index (χ4v) is 2.24. The molecule has 0 unspecified atom stereocenters. The molecule has 20 heavy (non-hydrogen) atoms. The summed E-state index contributed by atoms with van der Waals surface area (Å²) in [4.78, 5) is 6.66. The highest BCUT2D eigenvalue weighted by atomic mass is 35.5. The molecule has 1 heterocycles. The molecule has 0 bridgehead atoms. The van der Waals surface area contributed by atoms with Gasteiger partial charge in [-0.25, -0.2) is 4.98 Å². The molecule has 1 saturated carbocycles. The number of aromatic nitrogens is 1. The Morgan fingerprint density at radius 2 is 2.25 bits per heavy atom. The third-order valence-corrected chi connectivity index (χ3v) is 3.83. The molecule has 1 aliphatic carbocycles. The van der Waals surface area contributed by atoms with E-state index in [1.165, 1.54) is 12.8 Å². The van der Waals surface area contributed by atoms with Crippen LogP contribution in [-0.4, -0.2) is 37.3 Å². The number of pyridine rings is 1. The van der Waals surface area contributed by atoms with E-state index >= 15 is 0 Å². The lowest BCUT2D eigenvalue weighted by Crippen LogP contribution is -2.28. The second-order valence-electron chi connectivity index (χ2n) is 5.07. The lowest BCUT2D eigenvalue weighted by atomic mass is 10.2. The van der Waals surface area contributed by atoms with E-state index in [0.29, 0.717) is 6.04 Å². The van der Waals surface area contributed by atoms with Crippen molar-refractivity contribution in [2.45, 2.75) is 39.3 Å². The Kier molecular flexibility index (Phi) is 6.07. The third-order valence-electron chi connectivity index (χ3n) is 3.49. The maximum absolute atomic E-state index is 6.23. The standard InChI is InChI=1S/C15H24ClN3O/c1-3-19(7-8-20-4-2)15-9-12(14(16)11-18-15)10-17-13-5-6-13/h9,11,13,17H,3-8,10H2,1-2H3. The van der Waals surface area contributed by atoms with Gasteiger partial charge in [0.2, 0.25) is 0 Å². The molecule has 0 aliphatic heterocycles. The van der Waals surface area contributed by atoms with Crippen LogP contribution in [0.2, 0.25) is 5.02 Å². The molecule has 0 spiro atoms. The van der Waals surface area contributed by atoms with E-state index in [-0.39, 0.29) is 0 Å². The average molecular weight is 298 g/mol. The van der Waals surface area contributed by atoms with Crippen LogP contribution in [0.5, 0.6) is 0 Å². The normalized spacial score (nSPS) is 14.6. The van der Waals surface area contributed by atoms with Crippen molar-refractivity contribution >= 4 is 17.4 Å². The van der Waals surface area contributed by atoms with Gasteiger partial charge in [0.05, 0.1) is 11.6 Å². The predicted molar refractivity (Wildman–Crippen MR) is 83.5 cm³/mol. The van der Waals surface area contributed by atoms with Crippen molar-refractivity contribution in [1.82, 2.24) is 10.3 Å². The van der Waals surface area contributed by atoms with Crippen LogP contribution in [0.4, 0.5) is 5.82 Å². The minimum Gasteiger partial charge on any atom is -0.380 e. The predicted octanol–water partition coefficient (Wildman–Crippen LogP) is 2.85. The Balaban J connectivity index is 1.99. The number of nitrogens with one attached hydrogen (secondary N) is 1. The van der Waals surface area contributed by atoms with Gasteiger partial charge in [0.15, 0.2) is 0 Å². The van der Waals surface area contributed by atoms with Gasteiger partial charge in [-0.1, -0.05) is 11.6 Å². The minimum absolute atomic E-state index is 0.683. The number of rotatable bonds is 9. The molecule has 1 aliphatic rings. The van der Waals surface area contributed by atoms with Crippen molar-refractivity contribution in [1.29, 1.82) is 0 Å². The molecule has 0 amide bonds. The summed E-state index contributed by atoms with van der Waals surface area (Å²) < 4.78 is 5.42. The Morgan fingerprint density at radius 1 is 1.45 bits per heavy atom. The minimum atomic E-state index is 0.683. The zero-order valence-electron chi connectivity index (χ0n) is 12.4. The summed E-state index contributed by atoms with van der Waals surface area (Å²) >= 11 is 6.23. The lowest BCUT2D eigenvalue weighted by molar-refractivity contribution is 0.154. The topological polar surface area (TPSA) is 37.4 Å². The number of hydrogen-bond donors (Lipinski definition) is 1. The van der Waals surface area contributed by atoms with Crippen LogP contribution in [0, 0.1) is 0 Å². The van der Waals surface area contributed by atoms with Crippen molar-refractivity contribution in [3.05, 3.63) is 22.8 Å². The first-order chi connectivity index (χ1) is 9.74. The first-order valence-corrected chi connectivity index (χ1v) is 7.82. The van der Waals surface area contributed by atoms with Crippen molar-refractivity contribution in [2.75, 3.05) is 31.2 Å². The van der Waals surface area contributed by atoms with Gasteiger partial charge in [0, 0.05) is 38.5 Å². The summed E-state index contributed by atoms with van der Waals surface area (Å²) in [6, 6.07) is 2.77. The fourth-order valence-electron chi connectivity index (χ4n) is 2.07. The van der Waals surface area contributed by atoms with Gasteiger partial charge in [-0.05, 0) is 38.3 Å². The van der Waals surface area contributed by atoms with E-state index in [2.05, 4.69) is 28.2 Å². The molecule has 1 aromatic heterocycles. The zero-order valence-corrected chi connectivity index (χ0v) is 13.1. The third kappa shape index (κ3) is 4.62. The first kappa shape index (κ1) is 15.5. The number of hydrogen-bond acceptors (Lipinski definition) is 4. The molecule has 0 radical (unpaired) electrons. The number of nitrogens with zero attached hydrogens (tertiary/aromatic N) is 2. The number of anilines is 1. The summed E-state index contributed by atoms with van der Waals surface area (Å²) in [5, 5.41) is 4.23. The zero-order chi connectivity index (χ0) is 14.4. The Hall–Kier alpha value is -0.840. The molecule has 0 aromatic carbocycles. The summed E-state index contributed by atoms with van der Waals surface area (Å²) in [6.07, 6.45) is 4.32. The molecule has 4 nitrogen and oxygen atoms in total. The van der Waals surface area contributed by atoms with Crippen LogP contribution < -0.4 is 10.2 Å². The van der Waals surface area contributed by atoms with E-state index < -0.39 is 0 Å². The lowest BCUT2D eigenvalue weighted by Gasteiger charge is -2.22. The van der Waals surface area contributed by atoms with Crippen molar-refractivity contribution < 1.29 is 4.74 Å².